The first kappa shape index (κ1) is 26.0. The normalized spacial score (nSPS) is 18.0. The molecule has 0 N–H and O–H groups in total. The lowest BCUT2D eigenvalue weighted by Gasteiger charge is -2.28. The first-order chi connectivity index (χ1) is 17.2. The molecule has 0 saturated heterocycles. The minimum atomic E-state index is 0.815. The van der Waals surface area contributed by atoms with Crippen molar-refractivity contribution in [2.24, 2.45) is 11.8 Å². The SMILES string of the molecule is CCCCc1ccc(CC[C@H]2CC[C@H](CCc3ccc(CCc4ccc(Cl)cc4)cc3)CC2)cc1. The van der Waals surface area contributed by atoms with Gasteiger partial charge in [-0.2, -0.15) is 0 Å². The van der Waals surface area contributed by atoms with E-state index < -0.39 is 0 Å². The van der Waals surface area contributed by atoms with Crippen molar-refractivity contribution in [1.82, 2.24) is 0 Å². The van der Waals surface area contributed by atoms with E-state index in [1.165, 1.54) is 98.4 Å². The molecule has 186 valence electrons. The lowest BCUT2D eigenvalue weighted by atomic mass is 9.77. The van der Waals surface area contributed by atoms with Crippen LogP contribution in [0, 0.1) is 11.8 Å². The van der Waals surface area contributed by atoms with Crippen molar-refractivity contribution in [2.75, 3.05) is 0 Å². The smallest absolute Gasteiger partial charge is 0.0406 e. The van der Waals surface area contributed by atoms with E-state index in [0.29, 0.717) is 0 Å². The van der Waals surface area contributed by atoms with Gasteiger partial charge in [0.2, 0.25) is 0 Å². The van der Waals surface area contributed by atoms with Gasteiger partial charge in [0.05, 0.1) is 0 Å². The zero-order valence-electron chi connectivity index (χ0n) is 21.7. The van der Waals surface area contributed by atoms with Gasteiger partial charge in [-0.15, -0.1) is 0 Å². The van der Waals surface area contributed by atoms with Gasteiger partial charge >= 0.3 is 0 Å². The summed E-state index contributed by atoms with van der Waals surface area (Å²) in [6.45, 7) is 2.27. The summed E-state index contributed by atoms with van der Waals surface area (Å²) >= 11 is 5.99. The molecule has 4 rings (SSSR count). The number of halogens is 1. The summed E-state index contributed by atoms with van der Waals surface area (Å²) in [4.78, 5) is 0. The largest absolute Gasteiger partial charge is 0.0843 e. The van der Waals surface area contributed by atoms with Gasteiger partial charge in [0.15, 0.2) is 0 Å². The molecule has 1 aliphatic rings. The molecule has 0 aromatic heterocycles. The molecule has 0 unspecified atom stereocenters. The molecule has 1 aliphatic carbocycles. The number of unbranched alkanes of at least 4 members (excludes halogenated alkanes) is 1. The van der Waals surface area contributed by atoms with Crippen molar-refractivity contribution in [1.29, 1.82) is 0 Å². The second-order valence-electron chi connectivity index (χ2n) is 10.8. The molecule has 3 aromatic rings. The van der Waals surface area contributed by atoms with Gasteiger partial charge in [-0.05, 0) is 103 Å². The molecule has 0 atom stereocenters. The molecule has 1 fully saturated rings. The Morgan fingerprint density at radius 3 is 1.26 bits per heavy atom. The fourth-order valence-electron chi connectivity index (χ4n) is 5.62. The Kier molecular flexibility index (Phi) is 10.3. The van der Waals surface area contributed by atoms with Crippen LogP contribution >= 0.6 is 11.6 Å². The van der Waals surface area contributed by atoms with Gasteiger partial charge in [0.1, 0.15) is 0 Å². The topological polar surface area (TPSA) is 0 Å². The summed E-state index contributed by atoms with van der Waals surface area (Å²) in [6, 6.07) is 27.1. The van der Waals surface area contributed by atoms with Crippen LogP contribution in [-0.2, 0) is 32.1 Å². The third kappa shape index (κ3) is 8.84. The lowest BCUT2D eigenvalue weighted by molar-refractivity contribution is 0.253. The molecule has 0 nitrogen and oxygen atoms in total. The van der Waals surface area contributed by atoms with E-state index in [-0.39, 0.29) is 0 Å². The number of hydrogen-bond acceptors (Lipinski definition) is 0. The maximum Gasteiger partial charge on any atom is 0.0406 e. The number of aryl methyl sites for hydroxylation is 5. The predicted octanol–water partition coefficient (Wildman–Crippen LogP) is 9.84. The van der Waals surface area contributed by atoms with Gasteiger partial charge in [-0.1, -0.05) is 111 Å². The summed E-state index contributed by atoms with van der Waals surface area (Å²) in [7, 11) is 0. The minimum absolute atomic E-state index is 0.815. The molecular weight excluding hydrogens is 444 g/mol. The highest BCUT2D eigenvalue weighted by atomic mass is 35.5. The van der Waals surface area contributed by atoms with Gasteiger partial charge in [-0.25, -0.2) is 0 Å². The molecule has 0 spiro atoms. The van der Waals surface area contributed by atoms with E-state index in [1.807, 2.05) is 12.1 Å². The molecule has 0 bridgehead atoms. The van der Waals surface area contributed by atoms with Crippen LogP contribution < -0.4 is 0 Å². The second kappa shape index (κ2) is 13.9. The van der Waals surface area contributed by atoms with Crippen LogP contribution in [0.1, 0.15) is 86.1 Å². The second-order valence-corrected chi connectivity index (χ2v) is 11.3. The van der Waals surface area contributed by atoms with E-state index in [0.717, 1.165) is 29.7 Å². The first-order valence-corrected chi connectivity index (χ1v) is 14.5. The highest BCUT2D eigenvalue weighted by molar-refractivity contribution is 6.30. The van der Waals surface area contributed by atoms with Crippen molar-refractivity contribution in [3.8, 4) is 0 Å². The molecule has 0 radical (unpaired) electrons. The van der Waals surface area contributed by atoms with E-state index in [2.05, 4.69) is 67.6 Å². The van der Waals surface area contributed by atoms with Crippen LogP contribution in [0.3, 0.4) is 0 Å². The minimum Gasteiger partial charge on any atom is -0.0843 e. The van der Waals surface area contributed by atoms with Crippen molar-refractivity contribution >= 4 is 11.6 Å². The highest BCUT2D eigenvalue weighted by Crippen LogP contribution is 2.34. The Bertz CT molecular complexity index is 976. The predicted molar refractivity (Wildman–Crippen MR) is 152 cm³/mol. The standard InChI is InChI=1S/C34H43Cl/c1-2-3-4-27-5-7-28(8-6-27)9-10-29-11-13-30(14-12-29)15-16-31-17-19-32(20-18-31)21-22-33-23-25-34(35)26-24-33/h5-8,17-20,23-26,29-30H,2-4,9-16,21-22H2,1H3/t29-,30-. The summed E-state index contributed by atoms with van der Waals surface area (Å²) in [5.41, 5.74) is 7.33. The summed E-state index contributed by atoms with van der Waals surface area (Å²) in [6.07, 6.45) is 16.9. The number of rotatable bonds is 12. The van der Waals surface area contributed by atoms with Crippen molar-refractivity contribution in [3.63, 3.8) is 0 Å². The Hall–Kier alpha value is -2.05. The Morgan fingerprint density at radius 1 is 0.514 bits per heavy atom. The van der Waals surface area contributed by atoms with Crippen LogP contribution in [0.2, 0.25) is 5.02 Å². The number of benzene rings is 3. The van der Waals surface area contributed by atoms with E-state index in [1.54, 1.807) is 0 Å². The van der Waals surface area contributed by atoms with E-state index >= 15 is 0 Å². The monoisotopic (exact) mass is 486 g/mol. The van der Waals surface area contributed by atoms with Gasteiger partial charge in [0.25, 0.3) is 0 Å². The summed E-state index contributed by atoms with van der Waals surface area (Å²) in [5, 5.41) is 0.815. The van der Waals surface area contributed by atoms with E-state index in [4.69, 9.17) is 11.6 Å². The fraction of sp³-hybridized carbons (Fsp3) is 0.471. The van der Waals surface area contributed by atoms with Crippen LogP contribution in [-0.4, -0.2) is 0 Å². The summed E-state index contributed by atoms with van der Waals surface area (Å²) < 4.78 is 0. The van der Waals surface area contributed by atoms with Crippen molar-refractivity contribution in [2.45, 2.75) is 90.4 Å². The Balaban J connectivity index is 1.11. The third-order valence-electron chi connectivity index (χ3n) is 8.13. The Morgan fingerprint density at radius 2 is 0.857 bits per heavy atom. The molecule has 0 amide bonds. The van der Waals surface area contributed by atoms with Crippen LogP contribution in [0.5, 0.6) is 0 Å². The molecule has 3 aromatic carbocycles. The lowest BCUT2D eigenvalue weighted by Crippen LogP contribution is -2.15. The number of hydrogen-bond donors (Lipinski definition) is 0. The molecule has 35 heavy (non-hydrogen) atoms. The van der Waals surface area contributed by atoms with Crippen molar-refractivity contribution < 1.29 is 0 Å². The van der Waals surface area contributed by atoms with Crippen LogP contribution in [0.4, 0.5) is 0 Å². The quantitative estimate of drug-likeness (QED) is 0.239. The molecular formula is C34H43Cl. The van der Waals surface area contributed by atoms with Crippen LogP contribution in [0.15, 0.2) is 72.8 Å². The van der Waals surface area contributed by atoms with Gasteiger partial charge in [0, 0.05) is 5.02 Å². The van der Waals surface area contributed by atoms with Crippen LogP contribution in [0.25, 0.3) is 0 Å². The molecule has 1 heteroatoms. The Labute approximate surface area is 219 Å². The zero-order chi connectivity index (χ0) is 24.3. The third-order valence-corrected chi connectivity index (χ3v) is 8.38. The van der Waals surface area contributed by atoms with Gasteiger partial charge in [-0.3, -0.25) is 0 Å². The fourth-order valence-corrected chi connectivity index (χ4v) is 5.74. The van der Waals surface area contributed by atoms with Crippen molar-refractivity contribution in [3.05, 3.63) is 106 Å². The maximum atomic E-state index is 5.99. The summed E-state index contributed by atoms with van der Waals surface area (Å²) in [5.74, 6) is 1.86. The van der Waals surface area contributed by atoms with E-state index in [9.17, 15) is 0 Å². The molecule has 0 aliphatic heterocycles. The zero-order valence-corrected chi connectivity index (χ0v) is 22.4. The maximum absolute atomic E-state index is 5.99. The van der Waals surface area contributed by atoms with Gasteiger partial charge < -0.3 is 0 Å². The molecule has 0 heterocycles. The average molecular weight is 487 g/mol. The average Bonchev–Trinajstić information content (AvgIpc) is 2.91. The molecule has 1 saturated carbocycles. The highest BCUT2D eigenvalue weighted by Gasteiger charge is 2.20. The first-order valence-electron chi connectivity index (χ1n) is 14.1.